The van der Waals surface area contributed by atoms with Crippen molar-refractivity contribution in [3.05, 3.63) is 64.5 Å². The zero-order valence-electron chi connectivity index (χ0n) is 22.1. The third-order valence-electron chi connectivity index (χ3n) is 6.61. The van der Waals surface area contributed by atoms with Crippen LogP contribution < -0.4 is 38.6 Å². The molecule has 39 heavy (non-hydrogen) atoms. The maximum absolute atomic E-state index is 13.5. The number of aliphatic hydroxyl groups is 1. The molecule has 204 valence electrons. The van der Waals surface area contributed by atoms with Crippen LogP contribution in [0.5, 0.6) is 40.2 Å². The van der Waals surface area contributed by atoms with Crippen LogP contribution in [0.25, 0.3) is 22.1 Å². The third kappa shape index (κ3) is 4.42. The van der Waals surface area contributed by atoms with E-state index in [1.807, 2.05) is 0 Å². The van der Waals surface area contributed by atoms with Gasteiger partial charge in [-0.1, -0.05) is 6.07 Å². The molecule has 0 radical (unpaired) electrons. The molecule has 0 fully saturated rings. The van der Waals surface area contributed by atoms with Gasteiger partial charge in [0.1, 0.15) is 6.26 Å². The van der Waals surface area contributed by atoms with E-state index in [2.05, 4.69) is 0 Å². The summed E-state index contributed by atoms with van der Waals surface area (Å²) in [6.07, 6.45) is -0.164. The van der Waals surface area contributed by atoms with Gasteiger partial charge in [-0.25, -0.2) is 0 Å². The zero-order chi connectivity index (χ0) is 27.7. The summed E-state index contributed by atoms with van der Waals surface area (Å²) >= 11 is 0. The minimum absolute atomic E-state index is 0.212. The molecule has 4 aromatic rings. The van der Waals surface area contributed by atoms with E-state index >= 15 is 0 Å². The molecular formula is C29H28O10. The highest BCUT2D eigenvalue weighted by atomic mass is 16.6. The van der Waals surface area contributed by atoms with Crippen molar-refractivity contribution in [3.63, 3.8) is 0 Å². The van der Waals surface area contributed by atoms with Crippen LogP contribution in [-0.4, -0.2) is 53.4 Å². The molecule has 10 heteroatoms. The Morgan fingerprint density at radius 1 is 0.795 bits per heavy atom. The van der Waals surface area contributed by atoms with E-state index in [0.29, 0.717) is 56.6 Å². The second-order valence-electron chi connectivity index (χ2n) is 8.65. The van der Waals surface area contributed by atoms with Crippen molar-refractivity contribution in [1.29, 1.82) is 0 Å². The van der Waals surface area contributed by atoms with Gasteiger partial charge in [0.05, 0.1) is 53.1 Å². The molecular weight excluding hydrogens is 508 g/mol. The van der Waals surface area contributed by atoms with E-state index in [1.54, 1.807) is 49.6 Å². The van der Waals surface area contributed by atoms with Crippen molar-refractivity contribution in [2.45, 2.75) is 12.2 Å². The molecule has 0 saturated heterocycles. The number of aliphatic hydroxyl groups excluding tert-OH is 1. The lowest BCUT2D eigenvalue weighted by Crippen LogP contribution is -2.36. The van der Waals surface area contributed by atoms with Crippen molar-refractivity contribution in [3.8, 4) is 51.4 Å². The van der Waals surface area contributed by atoms with Crippen molar-refractivity contribution >= 4 is 11.0 Å². The third-order valence-corrected chi connectivity index (χ3v) is 6.61. The van der Waals surface area contributed by atoms with Crippen molar-refractivity contribution in [2.24, 2.45) is 0 Å². The van der Waals surface area contributed by atoms with E-state index < -0.39 is 12.2 Å². The number of methoxy groups -OCH3 is 5. The topological polar surface area (TPSA) is 115 Å². The van der Waals surface area contributed by atoms with Crippen LogP contribution in [0.4, 0.5) is 0 Å². The molecule has 0 aliphatic carbocycles. The van der Waals surface area contributed by atoms with Gasteiger partial charge in [-0.05, 0) is 42.0 Å². The first-order valence-electron chi connectivity index (χ1n) is 12.0. The Bertz CT molecular complexity index is 1550. The van der Waals surface area contributed by atoms with Crippen LogP contribution in [0.3, 0.4) is 0 Å². The smallest absolute Gasteiger partial charge is 0.205 e. The van der Waals surface area contributed by atoms with Crippen LogP contribution in [0.1, 0.15) is 11.7 Å². The number of hydrogen-bond donors (Lipinski definition) is 1. The maximum Gasteiger partial charge on any atom is 0.205 e. The molecule has 1 aromatic heterocycles. The number of hydrogen-bond acceptors (Lipinski definition) is 10. The average molecular weight is 537 g/mol. The lowest BCUT2D eigenvalue weighted by atomic mass is 10.0. The number of fused-ring (bicyclic) bond motifs is 3. The molecule has 2 heterocycles. The first-order chi connectivity index (χ1) is 19.0. The zero-order valence-corrected chi connectivity index (χ0v) is 22.1. The Balaban J connectivity index is 1.57. The Hall–Kier alpha value is -4.57. The van der Waals surface area contributed by atoms with Gasteiger partial charge >= 0.3 is 0 Å². The standard InChI is InChI=1S/C29H28O10/c1-32-19-8-6-15(10-21(19)33-2)18-14-37-27-17(25(18)31)7-9-20-29(27)39-24(13-30)26(38-20)16-11-22(34-3)28(36-5)23(12-16)35-4/h6-12,14,24,26,30H,13H2,1-5H3. The minimum atomic E-state index is -0.818. The summed E-state index contributed by atoms with van der Waals surface area (Å²) in [4.78, 5) is 13.5. The van der Waals surface area contributed by atoms with Gasteiger partial charge in [0.25, 0.3) is 0 Å². The first-order valence-corrected chi connectivity index (χ1v) is 12.0. The lowest BCUT2D eigenvalue weighted by Gasteiger charge is -2.33. The summed E-state index contributed by atoms with van der Waals surface area (Å²) in [5.41, 5.74) is 1.54. The number of benzene rings is 3. The number of ether oxygens (including phenoxy) is 7. The predicted molar refractivity (Wildman–Crippen MR) is 142 cm³/mol. The number of rotatable bonds is 8. The normalized spacial score (nSPS) is 16.1. The summed E-state index contributed by atoms with van der Waals surface area (Å²) in [5.74, 6) is 2.91. The lowest BCUT2D eigenvalue weighted by molar-refractivity contribution is -0.0119. The molecule has 0 amide bonds. The summed E-state index contributed by atoms with van der Waals surface area (Å²) in [5, 5.41) is 10.5. The van der Waals surface area contributed by atoms with E-state index in [1.165, 1.54) is 34.7 Å². The molecule has 10 nitrogen and oxygen atoms in total. The Morgan fingerprint density at radius 2 is 1.49 bits per heavy atom. The molecule has 0 bridgehead atoms. The molecule has 2 unspecified atom stereocenters. The van der Waals surface area contributed by atoms with Crippen LogP contribution in [0, 0.1) is 0 Å². The minimum Gasteiger partial charge on any atom is -0.493 e. The van der Waals surface area contributed by atoms with Crippen LogP contribution >= 0.6 is 0 Å². The Labute approximate surface area is 224 Å². The van der Waals surface area contributed by atoms with Crippen LogP contribution in [0.2, 0.25) is 0 Å². The largest absolute Gasteiger partial charge is 0.493 e. The Kier molecular flexibility index (Phi) is 7.12. The summed E-state index contributed by atoms with van der Waals surface area (Å²) in [7, 11) is 7.61. The van der Waals surface area contributed by atoms with Gasteiger partial charge in [-0.2, -0.15) is 0 Å². The highest BCUT2D eigenvalue weighted by molar-refractivity contribution is 5.88. The molecule has 5 rings (SSSR count). The molecule has 1 aliphatic heterocycles. The highest BCUT2D eigenvalue weighted by Crippen LogP contribution is 2.47. The van der Waals surface area contributed by atoms with E-state index in [0.717, 1.165) is 0 Å². The Morgan fingerprint density at radius 3 is 2.10 bits per heavy atom. The quantitative estimate of drug-likeness (QED) is 0.348. The van der Waals surface area contributed by atoms with Crippen molar-refractivity contribution in [1.82, 2.24) is 0 Å². The fourth-order valence-electron chi connectivity index (χ4n) is 4.67. The molecule has 0 saturated carbocycles. The molecule has 3 aromatic carbocycles. The van der Waals surface area contributed by atoms with Gasteiger partial charge in [0, 0.05) is 5.56 Å². The van der Waals surface area contributed by atoms with E-state index in [9.17, 15) is 9.90 Å². The van der Waals surface area contributed by atoms with Gasteiger partial charge in [-0.15, -0.1) is 0 Å². The monoisotopic (exact) mass is 536 g/mol. The van der Waals surface area contributed by atoms with E-state index in [4.69, 9.17) is 37.6 Å². The first kappa shape index (κ1) is 26.1. The second kappa shape index (κ2) is 10.7. The van der Waals surface area contributed by atoms with Gasteiger partial charge in [0.2, 0.25) is 16.9 Å². The molecule has 0 spiro atoms. The van der Waals surface area contributed by atoms with E-state index in [-0.39, 0.29) is 23.4 Å². The average Bonchev–Trinajstić information content (AvgIpc) is 2.99. The van der Waals surface area contributed by atoms with Crippen molar-refractivity contribution in [2.75, 3.05) is 42.2 Å². The predicted octanol–water partition coefficient (Wildman–Crippen LogP) is 4.38. The van der Waals surface area contributed by atoms with Gasteiger partial charge in [-0.3, -0.25) is 4.79 Å². The molecule has 1 aliphatic rings. The maximum atomic E-state index is 13.5. The summed E-state index contributed by atoms with van der Waals surface area (Å²) in [6.45, 7) is -0.370. The molecule has 1 N–H and O–H groups in total. The SMILES string of the molecule is COc1ccc(-c2coc3c4c(ccc3c2=O)OC(c2cc(OC)c(OC)c(OC)c2)C(CO)O4)cc1OC. The molecule has 2 atom stereocenters. The van der Waals surface area contributed by atoms with Crippen LogP contribution in [-0.2, 0) is 0 Å². The summed E-state index contributed by atoms with van der Waals surface area (Å²) < 4.78 is 45.4. The van der Waals surface area contributed by atoms with Crippen LogP contribution in [0.15, 0.2) is 57.9 Å². The second-order valence-corrected chi connectivity index (χ2v) is 8.65. The van der Waals surface area contributed by atoms with Gasteiger partial charge < -0.3 is 42.7 Å². The van der Waals surface area contributed by atoms with Crippen molar-refractivity contribution < 1.29 is 42.7 Å². The highest BCUT2D eigenvalue weighted by Gasteiger charge is 2.36. The fourth-order valence-corrected chi connectivity index (χ4v) is 4.67. The summed E-state index contributed by atoms with van der Waals surface area (Å²) in [6, 6.07) is 11.9. The fraction of sp³-hybridized carbons (Fsp3) is 0.276. The van der Waals surface area contributed by atoms with Gasteiger partial charge in [0.15, 0.2) is 46.5 Å².